The van der Waals surface area contributed by atoms with Crippen molar-refractivity contribution in [3.8, 4) is 5.75 Å². The van der Waals surface area contributed by atoms with Crippen molar-refractivity contribution in [2.24, 2.45) is 5.92 Å². The van der Waals surface area contributed by atoms with Crippen molar-refractivity contribution in [1.29, 1.82) is 0 Å². The van der Waals surface area contributed by atoms with E-state index in [2.05, 4.69) is 0 Å². The molecule has 2 rings (SSSR count). The highest BCUT2D eigenvalue weighted by Gasteiger charge is 2.38. The van der Waals surface area contributed by atoms with Gasteiger partial charge in [0.25, 0.3) is 5.91 Å². The quantitative estimate of drug-likeness (QED) is 0.494. The van der Waals surface area contributed by atoms with Crippen LogP contribution < -0.4 is 4.74 Å². The molecule has 10 heteroatoms. The van der Waals surface area contributed by atoms with Gasteiger partial charge in [-0.3, -0.25) is 19.2 Å². The highest BCUT2D eigenvalue weighted by Crippen LogP contribution is 2.37. The molecule has 0 N–H and O–H groups in total. The lowest BCUT2D eigenvalue weighted by atomic mass is 9.81. The molecular formula is C18H20ClNO7S. The number of likely N-dealkylation sites (N-methyl/N-ethyl adjacent to an activating group) is 1. The average Bonchev–Trinajstić information content (AvgIpc) is 2.58. The highest BCUT2D eigenvalue weighted by molar-refractivity contribution is 7.90. The number of rotatable bonds is 6. The molecule has 0 atom stereocenters. The Morgan fingerprint density at radius 1 is 1.18 bits per heavy atom. The Morgan fingerprint density at radius 3 is 2.25 bits per heavy atom. The maximum absolute atomic E-state index is 12.8. The SMILES string of the molecule is CN(C)C(=O)COc1c(S(C)(=O)=O)ccc(C(=O)C2C(=O)CCCC2=O)c1Cl. The van der Waals surface area contributed by atoms with Gasteiger partial charge in [0.05, 0.1) is 5.02 Å². The number of sulfone groups is 1. The van der Waals surface area contributed by atoms with Crippen LogP contribution in [0.2, 0.25) is 5.02 Å². The molecule has 0 saturated heterocycles. The van der Waals surface area contributed by atoms with Crippen molar-refractivity contribution in [2.45, 2.75) is 24.2 Å². The van der Waals surface area contributed by atoms with Crippen LogP contribution in [0.3, 0.4) is 0 Å². The van der Waals surface area contributed by atoms with Gasteiger partial charge < -0.3 is 9.64 Å². The van der Waals surface area contributed by atoms with Crippen LogP contribution in [-0.4, -0.2) is 63.5 Å². The third-order valence-electron chi connectivity index (χ3n) is 4.32. The van der Waals surface area contributed by atoms with Gasteiger partial charge in [0.1, 0.15) is 10.8 Å². The standard InChI is InChI=1S/C18H20ClNO7S/c1-20(2)14(23)9-27-18-13(28(3,25)26)8-7-10(16(18)19)17(24)15-11(21)5-4-6-12(15)22/h7-8,15H,4-6,9H2,1-3H3. The Hall–Kier alpha value is -2.26. The third-order valence-corrected chi connectivity index (χ3v) is 5.81. The molecule has 0 radical (unpaired) electrons. The molecule has 1 aromatic carbocycles. The van der Waals surface area contributed by atoms with Crippen LogP contribution in [0, 0.1) is 5.92 Å². The summed E-state index contributed by atoms with van der Waals surface area (Å²) >= 11 is 6.23. The summed E-state index contributed by atoms with van der Waals surface area (Å²) in [6.45, 7) is -0.506. The molecule has 0 bridgehead atoms. The Balaban J connectivity index is 2.51. The summed E-state index contributed by atoms with van der Waals surface area (Å²) in [4.78, 5) is 49.7. The Kier molecular flexibility index (Phi) is 6.61. The van der Waals surface area contributed by atoms with Crippen molar-refractivity contribution in [3.05, 3.63) is 22.7 Å². The summed E-state index contributed by atoms with van der Waals surface area (Å²) < 4.78 is 29.4. The normalized spacial score (nSPS) is 15.4. The number of benzene rings is 1. The second-order valence-electron chi connectivity index (χ2n) is 6.69. The van der Waals surface area contributed by atoms with Crippen molar-refractivity contribution >= 4 is 44.7 Å². The van der Waals surface area contributed by atoms with Crippen molar-refractivity contribution in [3.63, 3.8) is 0 Å². The molecule has 8 nitrogen and oxygen atoms in total. The summed E-state index contributed by atoms with van der Waals surface area (Å²) in [6.07, 6.45) is 1.54. The van der Waals surface area contributed by atoms with E-state index in [9.17, 15) is 27.6 Å². The first kappa shape index (κ1) is 22.0. The van der Waals surface area contributed by atoms with Gasteiger partial charge in [0, 0.05) is 38.8 Å². The number of halogens is 1. The van der Waals surface area contributed by atoms with E-state index in [1.165, 1.54) is 19.0 Å². The van der Waals surface area contributed by atoms with Crippen molar-refractivity contribution in [1.82, 2.24) is 4.90 Å². The topological polar surface area (TPSA) is 115 Å². The van der Waals surface area contributed by atoms with E-state index in [0.717, 1.165) is 18.4 Å². The molecule has 0 unspecified atom stereocenters. The summed E-state index contributed by atoms with van der Waals surface area (Å²) in [5.41, 5.74) is -0.199. The number of ketones is 3. The molecule has 0 aromatic heterocycles. The summed E-state index contributed by atoms with van der Waals surface area (Å²) in [6, 6.07) is 2.26. The predicted octanol–water partition coefficient (Wildman–Crippen LogP) is 1.33. The van der Waals surface area contributed by atoms with Gasteiger partial charge in [-0.1, -0.05) is 11.6 Å². The van der Waals surface area contributed by atoms with Gasteiger partial charge in [-0.15, -0.1) is 0 Å². The fourth-order valence-corrected chi connectivity index (χ4v) is 3.95. The predicted molar refractivity (Wildman–Crippen MR) is 100 cm³/mol. The van der Waals surface area contributed by atoms with Crippen molar-refractivity contribution in [2.75, 3.05) is 27.0 Å². The minimum Gasteiger partial charge on any atom is -0.481 e. The Labute approximate surface area is 167 Å². The third kappa shape index (κ3) is 4.59. The van der Waals surface area contributed by atoms with Crippen LogP contribution in [0.1, 0.15) is 29.6 Å². The number of hydrogen-bond acceptors (Lipinski definition) is 7. The van der Waals surface area contributed by atoms with Crippen molar-refractivity contribution < 1.29 is 32.3 Å². The van der Waals surface area contributed by atoms with E-state index in [0.29, 0.717) is 6.42 Å². The molecule has 0 heterocycles. The summed E-state index contributed by atoms with van der Waals surface area (Å²) in [5.74, 6) is -4.05. The molecule has 0 aliphatic heterocycles. The molecule has 1 aliphatic carbocycles. The molecule has 28 heavy (non-hydrogen) atoms. The highest BCUT2D eigenvalue weighted by atomic mass is 35.5. The smallest absolute Gasteiger partial charge is 0.259 e. The number of ether oxygens (including phenoxy) is 1. The number of nitrogens with zero attached hydrogens (tertiary/aromatic N) is 1. The van der Waals surface area contributed by atoms with Gasteiger partial charge in [0.2, 0.25) is 0 Å². The number of Topliss-reactive ketones (excluding diaryl/α,β-unsaturated/α-hetero) is 3. The molecule has 152 valence electrons. The van der Waals surface area contributed by atoms with Crippen LogP contribution in [0.15, 0.2) is 17.0 Å². The zero-order valence-corrected chi connectivity index (χ0v) is 17.2. The minimum absolute atomic E-state index is 0.113. The second-order valence-corrected chi connectivity index (χ2v) is 9.05. The fraction of sp³-hybridized carbons (Fsp3) is 0.444. The molecule has 1 aromatic rings. The zero-order chi connectivity index (χ0) is 21.2. The number of hydrogen-bond donors (Lipinski definition) is 0. The van der Waals surface area contributed by atoms with Gasteiger partial charge >= 0.3 is 0 Å². The zero-order valence-electron chi connectivity index (χ0n) is 15.7. The maximum Gasteiger partial charge on any atom is 0.259 e. The van der Waals surface area contributed by atoms with E-state index < -0.39 is 45.6 Å². The summed E-state index contributed by atoms with van der Waals surface area (Å²) in [5, 5.41) is -0.356. The van der Waals surface area contributed by atoms with Crippen LogP contribution >= 0.6 is 11.6 Å². The van der Waals surface area contributed by atoms with Gasteiger partial charge in [-0.05, 0) is 18.6 Å². The van der Waals surface area contributed by atoms with E-state index >= 15 is 0 Å². The molecule has 1 aliphatic rings. The monoisotopic (exact) mass is 429 g/mol. The number of amides is 1. The number of carbonyl (C=O) groups is 4. The minimum atomic E-state index is -3.79. The molecule has 1 amide bonds. The van der Waals surface area contributed by atoms with E-state index in [4.69, 9.17) is 16.3 Å². The Morgan fingerprint density at radius 2 is 1.75 bits per heavy atom. The maximum atomic E-state index is 12.8. The molecular weight excluding hydrogens is 410 g/mol. The molecule has 0 spiro atoms. The lowest BCUT2D eigenvalue weighted by Crippen LogP contribution is -2.35. The van der Waals surface area contributed by atoms with Crippen LogP contribution in [0.25, 0.3) is 0 Å². The molecule has 1 fully saturated rings. The van der Waals surface area contributed by atoms with Crippen LogP contribution in [0.4, 0.5) is 0 Å². The second kappa shape index (κ2) is 8.40. The Bertz CT molecular complexity index is 937. The first-order valence-corrected chi connectivity index (χ1v) is 10.7. The van der Waals surface area contributed by atoms with Gasteiger partial charge in [0.15, 0.2) is 39.5 Å². The van der Waals surface area contributed by atoms with Crippen LogP contribution in [0.5, 0.6) is 5.75 Å². The first-order valence-electron chi connectivity index (χ1n) is 8.40. The average molecular weight is 430 g/mol. The lowest BCUT2D eigenvalue weighted by molar-refractivity contribution is -0.133. The van der Waals surface area contributed by atoms with Gasteiger partial charge in [-0.25, -0.2) is 8.42 Å². The number of carbonyl (C=O) groups excluding carboxylic acids is 4. The first-order chi connectivity index (χ1) is 12.9. The fourth-order valence-electron chi connectivity index (χ4n) is 2.77. The van der Waals surface area contributed by atoms with E-state index in [1.807, 2.05) is 0 Å². The molecule has 1 saturated carbocycles. The van der Waals surface area contributed by atoms with E-state index in [1.54, 1.807) is 0 Å². The largest absolute Gasteiger partial charge is 0.481 e. The van der Waals surface area contributed by atoms with Crippen LogP contribution in [-0.2, 0) is 24.2 Å². The lowest BCUT2D eigenvalue weighted by Gasteiger charge is -2.20. The van der Waals surface area contributed by atoms with E-state index in [-0.39, 0.29) is 34.1 Å². The van der Waals surface area contributed by atoms with Gasteiger partial charge in [-0.2, -0.15) is 0 Å². The summed E-state index contributed by atoms with van der Waals surface area (Å²) in [7, 11) is -0.810.